The second-order valence-electron chi connectivity index (χ2n) is 6.20. The van der Waals surface area contributed by atoms with Crippen LogP contribution in [0.25, 0.3) is 11.0 Å². The van der Waals surface area contributed by atoms with Crippen LogP contribution < -0.4 is 0 Å². The van der Waals surface area contributed by atoms with Crippen LogP contribution in [0.1, 0.15) is 19.3 Å². The number of morpholine rings is 1. The zero-order valence-electron chi connectivity index (χ0n) is 12.0. The molecule has 1 saturated carbocycles. The van der Waals surface area contributed by atoms with Gasteiger partial charge in [-0.2, -0.15) is 0 Å². The topological polar surface area (TPSA) is 30.3 Å². The van der Waals surface area contributed by atoms with Crippen LogP contribution in [0.3, 0.4) is 0 Å². The third-order valence-corrected chi connectivity index (χ3v) is 6.63. The number of hydrogen-bond acceptors (Lipinski definition) is 4. The number of nitrogens with zero attached hydrogens (tertiary/aromatic N) is 3. The van der Waals surface area contributed by atoms with E-state index in [0.717, 1.165) is 31.8 Å². The van der Waals surface area contributed by atoms with Crippen LogP contribution in [0.2, 0.25) is 0 Å². The van der Waals surface area contributed by atoms with E-state index in [4.69, 9.17) is 9.72 Å². The summed E-state index contributed by atoms with van der Waals surface area (Å²) in [7, 11) is 0. The quantitative estimate of drug-likeness (QED) is 0.810. The maximum absolute atomic E-state index is 5.59. The van der Waals surface area contributed by atoms with Crippen molar-refractivity contribution >= 4 is 22.8 Å². The standard InChI is InChI=1S/C16H19N3OS/c1-2-5-13-12(4-1)17-15-19(13)16(7-3-6-14(16)21-15)18-8-10-20-11-9-18/h1-2,4-5,14H,3,6-11H2. The first-order valence-electron chi connectivity index (χ1n) is 7.87. The molecule has 1 aromatic heterocycles. The normalized spacial score (nSPS) is 32.5. The highest BCUT2D eigenvalue weighted by Gasteiger charge is 2.55. The monoisotopic (exact) mass is 301 g/mol. The number of hydrogen-bond donors (Lipinski definition) is 0. The van der Waals surface area contributed by atoms with Crippen molar-refractivity contribution in [3.05, 3.63) is 24.3 Å². The van der Waals surface area contributed by atoms with Crippen LogP contribution in [-0.4, -0.2) is 46.0 Å². The molecule has 5 heteroatoms. The molecule has 0 radical (unpaired) electrons. The van der Waals surface area contributed by atoms with Crippen LogP contribution in [0.4, 0.5) is 0 Å². The molecule has 4 nitrogen and oxygen atoms in total. The summed E-state index contributed by atoms with van der Waals surface area (Å²) in [6.45, 7) is 3.81. The molecule has 2 atom stereocenters. The predicted molar refractivity (Wildman–Crippen MR) is 83.6 cm³/mol. The summed E-state index contributed by atoms with van der Waals surface area (Å²) in [6, 6.07) is 8.59. The Kier molecular flexibility index (Phi) is 2.66. The highest BCUT2D eigenvalue weighted by Crippen LogP contribution is 2.55. The van der Waals surface area contributed by atoms with E-state index in [2.05, 4.69) is 33.7 Å². The lowest BCUT2D eigenvalue weighted by Crippen LogP contribution is -2.56. The van der Waals surface area contributed by atoms with Crippen LogP contribution in [0.5, 0.6) is 0 Å². The zero-order valence-corrected chi connectivity index (χ0v) is 12.8. The molecule has 0 spiro atoms. The molecule has 5 rings (SSSR count). The molecule has 110 valence electrons. The first-order chi connectivity index (χ1) is 10.4. The Labute approximate surface area is 128 Å². The smallest absolute Gasteiger partial charge is 0.171 e. The summed E-state index contributed by atoms with van der Waals surface area (Å²) in [6.07, 6.45) is 3.87. The first-order valence-corrected chi connectivity index (χ1v) is 8.75. The Balaban J connectivity index is 1.73. The summed E-state index contributed by atoms with van der Waals surface area (Å²) in [4.78, 5) is 7.56. The molecule has 3 aliphatic rings. The maximum atomic E-state index is 5.59. The highest BCUT2D eigenvalue weighted by molar-refractivity contribution is 8.00. The largest absolute Gasteiger partial charge is 0.379 e. The molecule has 1 aliphatic carbocycles. The molecule has 2 aromatic rings. The van der Waals surface area contributed by atoms with E-state index in [-0.39, 0.29) is 5.66 Å². The summed E-state index contributed by atoms with van der Waals surface area (Å²) in [5, 5.41) is 1.87. The van der Waals surface area contributed by atoms with E-state index >= 15 is 0 Å². The predicted octanol–water partition coefficient (Wildman–Crippen LogP) is 2.68. The minimum absolute atomic E-state index is 0.139. The van der Waals surface area contributed by atoms with Gasteiger partial charge >= 0.3 is 0 Å². The Morgan fingerprint density at radius 1 is 1.24 bits per heavy atom. The van der Waals surface area contributed by atoms with Crippen molar-refractivity contribution in [3.63, 3.8) is 0 Å². The second-order valence-corrected chi connectivity index (χ2v) is 7.37. The number of para-hydroxylation sites is 2. The molecule has 1 aromatic carbocycles. The van der Waals surface area contributed by atoms with Crippen molar-refractivity contribution in [2.24, 2.45) is 0 Å². The second kappa shape index (κ2) is 4.48. The number of aromatic nitrogens is 2. The summed E-state index contributed by atoms with van der Waals surface area (Å²) >= 11 is 1.99. The highest BCUT2D eigenvalue weighted by atomic mass is 32.2. The minimum atomic E-state index is 0.139. The molecule has 2 aliphatic heterocycles. The number of thioether (sulfide) groups is 1. The molecule has 21 heavy (non-hydrogen) atoms. The van der Waals surface area contributed by atoms with E-state index in [1.807, 2.05) is 11.8 Å². The van der Waals surface area contributed by atoms with Crippen molar-refractivity contribution in [2.45, 2.75) is 35.3 Å². The molecule has 3 heterocycles. The Bertz CT molecular complexity index is 694. The molecule has 0 N–H and O–H groups in total. The van der Waals surface area contributed by atoms with Gasteiger partial charge in [0.05, 0.1) is 24.2 Å². The molecule has 1 saturated heterocycles. The minimum Gasteiger partial charge on any atom is -0.379 e. The Morgan fingerprint density at radius 2 is 2.10 bits per heavy atom. The van der Waals surface area contributed by atoms with Gasteiger partial charge in [0.15, 0.2) is 5.16 Å². The van der Waals surface area contributed by atoms with E-state index in [0.29, 0.717) is 5.25 Å². The fourth-order valence-electron chi connectivity index (χ4n) is 4.39. The molecular formula is C16H19N3OS. The number of imidazole rings is 1. The average molecular weight is 301 g/mol. The van der Waals surface area contributed by atoms with Gasteiger partial charge in [-0.1, -0.05) is 23.9 Å². The summed E-state index contributed by atoms with van der Waals surface area (Å²) < 4.78 is 8.14. The van der Waals surface area contributed by atoms with Gasteiger partial charge in [0, 0.05) is 18.3 Å². The van der Waals surface area contributed by atoms with Crippen molar-refractivity contribution < 1.29 is 4.74 Å². The number of fused-ring (bicyclic) bond motifs is 5. The van der Waals surface area contributed by atoms with Gasteiger partial charge < -0.3 is 4.74 Å². The van der Waals surface area contributed by atoms with Gasteiger partial charge in [0.1, 0.15) is 5.66 Å². The maximum Gasteiger partial charge on any atom is 0.171 e. The number of benzene rings is 1. The lowest BCUT2D eigenvalue weighted by Gasteiger charge is -2.44. The Morgan fingerprint density at radius 3 is 3.00 bits per heavy atom. The third kappa shape index (κ3) is 1.57. The van der Waals surface area contributed by atoms with Crippen molar-refractivity contribution in [2.75, 3.05) is 26.3 Å². The molecular weight excluding hydrogens is 282 g/mol. The zero-order chi connectivity index (χ0) is 13.9. The van der Waals surface area contributed by atoms with E-state index < -0.39 is 0 Å². The average Bonchev–Trinajstić information content (AvgIpc) is 3.16. The fraction of sp³-hybridized carbons (Fsp3) is 0.562. The fourth-order valence-corrected chi connectivity index (χ4v) is 6.00. The van der Waals surface area contributed by atoms with Crippen LogP contribution in [0.15, 0.2) is 29.4 Å². The van der Waals surface area contributed by atoms with Gasteiger partial charge in [0.25, 0.3) is 0 Å². The van der Waals surface area contributed by atoms with Crippen molar-refractivity contribution in [1.82, 2.24) is 14.5 Å². The van der Waals surface area contributed by atoms with Crippen LogP contribution in [0, 0.1) is 0 Å². The van der Waals surface area contributed by atoms with Gasteiger partial charge in [-0.25, -0.2) is 4.98 Å². The number of ether oxygens (including phenoxy) is 1. The first kappa shape index (κ1) is 12.5. The molecule has 2 fully saturated rings. The Hall–Kier alpha value is -1.04. The summed E-state index contributed by atoms with van der Waals surface area (Å²) in [5.41, 5.74) is 2.58. The molecule has 0 amide bonds. The van der Waals surface area contributed by atoms with Crippen molar-refractivity contribution in [3.8, 4) is 0 Å². The van der Waals surface area contributed by atoms with E-state index in [1.54, 1.807) is 0 Å². The van der Waals surface area contributed by atoms with Crippen LogP contribution in [-0.2, 0) is 10.4 Å². The number of rotatable bonds is 1. The summed E-state index contributed by atoms with van der Waals surface area (Å²) in [5.74, 6) is 0. The van der Waals surface area contributed by atoms with Crippen LogP contribution >= 0.6 is 11.8 Å². The SMILES string of the molecule is c1ccc2c(c1)nc1n2C2(N3CCOCC3)CCCC2S1. The van der Waals surface area contributed by atoms with Crippen molar-refractivity contribution in [1.29, 1.82) is 0 Å². The van der Waals surface area contributed by atoms with E-state index in [9.17, 15) is 0 Å². The van der Waals surface area contributed by atoms with Gasteiger partial charge in [-0.3, -0.25) is 9.47 Å². The van der Waals surface area contributed by atoms with Gasteiger partial charge in [0.2, 0.25) is 0 Å². The molecule has 0 bridgehead atoms. The van der Waals surface area contributed by atoms with E-state index in [1.165, 1.54) is 29.9 Å². The van der Waals surface area contributed by atoms with Gasteiger partial charge in [-0.05, 0) is 31.4 Å². The van der Waals surface area contributed by atoms with Gasteiger partial charge in [-0.15, -0.1) is 0 Å². The third-order valence-electron chi connectivity index (χ3n) is 5.25. The molecule has 2 unspecified atom stereocenters. The lowest BCUT2D eigenvalue weighted by atomic mass is 10.0. The lowest BCUT2D eigenvalue weighted by molar-refractivity contribution is -0.0514.